The molecule has 1 N–H and O–H groups in total. The standard InChI is InChI=1S/C16H14N2O/c1-4-5-8-11-18-16(12(2)13(3)17-18)14-9-6-7-10-15(14)19/h6-7,9-10,19H,1-3H3. The lowest BCUT2D eigenvalue weighted by Gasteiger charge is -2.05. The lowest BCUT2D eigenvalue weighted by Crippen LogP contribution is -1.95. The maximum Gasteiger partial charge on any atom is 0.125 e. The summed E-state index contributed by atoms with van der Waals surface area (Å²) in [7, 11) is 0. The summed E-state index contributed by atoms with van der Waals surface area (Å²) in [6.45, 7) is 5.62. The molecule has 94 valence electrons. The van der Waals surface area contributed by atoms with E-state index in [0.29, 0.717) is 0 Å². The summed E-state index contributed by atoms with van der Waals surface area (Å²) in [6.07, 6.45) is 0. The smallest absolute Gasteiger partial charge is 0.125 e. The van der Waals surface area contributed by atoms with E-state index in [4.69, 9.17) is 0 Å². The van der Waals surface area contributed by atoms with Gasteiger partial charge in [0.15, 0.2) is 0 Å². The molecule has 0 saturated heterocycles. The molecule has 0 saturated carbocycles. The van der Waals surface area contributed by atoms with Gasteiger partial charge < -0.3 is 5.11 Å². The molecular weight excluding hydrogens is 236 g/mol. The third kappa shape index (κ3) is 2.46. The molecule has 0 radical (unpaired) electrons. The number of aromatic hydroxyl groups is 1. The minimum absolute atomic E-state index is 0.218. The first-order valence-electron chi connectivity index (χ1n) is 5.92. The molecule has 0 aliphatic rings. The second-order valence-electron chi connectivity index (χ2n) is 4.10. The van der Waals surface area contributed by atoms with Crippen molar-refractivity contribution in [3.8, 4) is 40.8 Å². The summed E-state index contributed by atoms with van der Waals surface area (Å²) in [5.74, 6) is 8.35. The number of rotatable bonds is 1. The van der Waals surface area contributed by atoms with Gasteiger partial charge in [-0.2, -0.15) is 9.78 Å². The van der Waals surface area contributed by atoms with Crippen LogP contribution in [0.2, 0.25) is 0 Å². The highest BCUT2D eigenvalue weighted by Gasteiger charge is 2.15. The molecule has 0 aliphatic carbocycles. The van der Waals surface area contributed by atoms with Gasteiger partial charge in [0.1, 0.15) is 5.75 Å². The molecule has 1 aromatic heterocycles. The average molecular weight is 250 g/mol. The number of hydrogen-bond acceptors (Lipinski definition) is 2. The molecule has 2 rings (SSSR count). The van der Waals surface area contributed by atoms with Gasteiger partial charge >= 0.3 is 0 Å². The van der Waals surface area contributed by atoms with E-state index in [1.807, 2.05) is 26.0 Å². The summed E-state index contributed by atoms with van der Waals surface area (Å²) >= 11 is 0. The van der Waals surface area contributed by atoms with E-state index in [2.05, 4.69) is 28.9 Å². The fraction of sp³-hybridized carbons (Fsp3) is 0.188. The molecule has 3 heteroatoms. The van der Waals surface area contributed by atoms with E-state index in [-0.39, 0.29) is 5.75 Å². The van der Waals surface area contributed by atoms with Crippen LogP contribution in [0.5, 0.6) is 5.75 Å². The van der Waals surface area contributed by atoms with Crippen molar-refractivity contribution in [1.82, 2.24) is 9.78 Å². The van der Waals surface area contributed by atoms with Gasteiger partial charge in [0.25, 0.3) is 0 Å². The Bertz CT molecular complexity index is 734. The minimum atomic E-state index is 0.218. The summed E-state index contributed by atoms with van der Waals surface area (Å²) in [5, 5.41) is 14.3. The number of aromatic nitrogens is 2. The molecule has 0 spiro atoms. The van der Waals surface area contributed by atoms with Crippen LogP contribution in [0.3, 0.4) is 0 Å². The highest BCUT2D eigenvalue weighted by Crippen LogP contribution is 2.31. The Kier molecular flexibility index (Phi) is 3.59. The zero-order valence-electron chi connectivity index (χ0n) is 11.2. The summed E-state index contributed by atoms with van der Waals surface area (Å²) < 4.78 is 1.57. The summed E-state index contributed by atoms with van der Waals surface area (Å²) in [4.78, 5) is 0. The zero-order chi connectivity index (χ0) is 13.8. The molecule has 0 fully saturated rings. The Morgan fingerprint density at radius 3 is 2.58 bits per heavy atom. The Balaban J connectivity index is 2.66. The van der Waals surface area contributed by atoms with Crippen LogP contribution in [-0.4, -0.2) is 14.9 Å². The van der Waals surface area contributed by atoms with E-state index in [9.17, 15) is 5.11 Å². The van der Waals surface area contributed by atoms with Crippen LogP contribution in [0.15, 0.2) is 24.3 Å². The van der Waals surface area contributed by atoms with Gasteiger partial charge in [0.2, 0.25) is 0 Å². The first-order chi connectivity index (χ1) is 9.15. The molecular formula is C16H14N2O. The average Bonchev–Trinajstić information content (AvgIpc) is 2.67. The van der Waals surface area contributed by atoms with Crippen molar-refractivity contribution in [3.63, 3.8) is 0 Å². The monoisotopic (exact) mass is 250 g/mol. The topological polar surface area (TPSA) is 38.0 Å². The van der Waals surface area contributed by atoms with Crippen molar-refractivity contribution >= 4 is 0 Å². The van der Waals surface area contributed by atoms with E-state index in [1.54, 1.807) is 23.7 Å². The minimum Gasteiger partial charge on any atom is -0.507 e. The highest BCUT2D eigenvalue weighted by atomic mass is 16.3. The summed E-state index contributed by atoms with van der Waals surface area (Å²) in [5.41, 5.74) is 3.41. The van der Waals surface area contributed by atoms with Crippen LogP contribution in [-0.2, 0) is 0 Å². The van der Waals surface area contributed by atoms with Crippen LogP contribution in [0, 0.1) is 37.7 Å². The van der Waals surface area contributed by atoms with Crippen LogP contribution >= 0.6 is 0 Å². The quantitative estimate of drug-likeness (QED) is 0.790. The number of para-hydroxylation sites is 1. The Labute approximate surface area is 112 Å². The van der Waals surface area contributed by atoms with Crippen molar-refractivity contribution in [3.05, 3.63) is 35.5 Å². The van der Waals surface area contributed by atoms with E-state index >= 15 is 0 Å². The van der Waals surface area contributed by atoms with Crippen LogP contribution in [0.1, 0.15) is 18.2 Å². The molecule has 19 heavy (non-hydrogen) atoms. The van der Waals surface area contributed by atoms with Crippen molar-refractivity contribution in [2.45, 2.75) is 20.8 Å². The van der Waals surface area contributed by atoms with E-state index < -0.39 is 0 Å². The van der Waals surface area contributed by atoms with Gasteiger partial charge in [-0.05, 0) is 44.4 Å². The number of nitrogens with zero attached hydrogens (tertiary/aromatic N) is 2. The molecule has 1 heterocycles. The van der Waals surface area contributed by atoms with Crippen LogP contribution in [0.25, 0.3) is 11.3 Å². The maximum absolute atomic E-state index is 9.98. The Morgan fingerprint density at radius 1 is 1.16 bits per heavy atom. The summed E-state index contributed by atoms with van der Waals surface area (Å²) in [6, 6.07) is 10.0. The van der Waals surface area contributed by atoms with Gasteiger partial charge in [0.05, 0.1) is 11.4 Å². The zero-order valence-corrected chi connectivity index (χ0v) is 11.2. The van der Waals surface area contributed by atoms with Crippen molar-refractivity contribution in [1.29, 1.82) is 0 Å². The number of phenolic OH excluding ortho intramolecular Hbond substituents is 1. The third-order valence-electron chi connectivity index (χ3n) is 2.87. The number of hydrogen-bond donors (Lipinski definition) is 1. The fourth-order valence-corrected chi connectivity index (χ4v) is 1.82. The number of phenols is 1. The largest absolute Gasteiger partial charge is 0.507 e. The lowest BCUT2D eigenvalue weighted by atomic mass is 10.1. The van der Waals surface area contributed by atoms with Crippen LogP contribution < -0.4 is 0 Å². The molecule has 1 aromatic carbocycles. The van der Waals surface area contributed by atoms with Gasteiger partial charge in [-0.1, -0.05) is 18.1 Å². The van der Waals surface area contributed by atoms with Gasteiger partial charge in [0, 0.05) is 17.5 Å². The molecule has 0 unspecified atom stereocenters. The Morgan fingerprint density at radius 2 is 1.89 bits per heavy atom. The van der Waals surface area contributed by atoms with E-state index in [1.165, 1.54) is 0 Å². The first kappa shape index (κ1) is 12.8. The van der Waals surface area contributed by atoms with Gasteiger partial charge in [-0.25, -0.2) is 0 Å². The van der Waals surface area contributed by atoms with E-state index in [0.717, 1.165) is 22.5 Å². The lowest BCUT2D eigenvalue weighted by molar-refractivity contribution is 0.477. The number of aryl methyl sites for hydroxylation is 1. The molecule has 0 atom stereocenters. The second-order valence-corrected chi connectivity index (χ2v) is 4.10. The second kappa shape index (κ2) is 5.33. The predicted molar refractivity (Wildman–Crippen MR) is 75.4 cm³/mol. The first-order valence-corrected chi connectivity index (χ1v) is 5.92. The van der Waals surface area contributed by atoms with Crippen molar-refractivity contribution < 1.29 is 5.11 Å². The normalized spacial score (nSPS) is 9.21. The molecule has 2 aromatic rings. The molecule has 3 nitrogen and oxygen atoms in total. The maximum atomic E-state index is 9.98. The third-order valence-corrected chi connectivity index (χ3v) is 2.87. The van der Waals surface area contributed by atoms with Crippen molar-refractivity contribution in [2.75, 3.05) is 0 Å². The molecule has 0 aliphatic heterocycles. The fourth-order valence-electron chi connectivity index (χ4n) is 1.82. The van der Waals surface area contributed by atoms with Crippen LogP contribution in [0.4, 0.5) is 0 Å². The van der Waals surface area contributed by atoms with Gasteiger partial charge in [-0.15, -0.1) is 0 Å². The SMILES string of the molecule is CC#CC#Cn1nc(C)c(C)c1-c1ccccc1O. The predicted octanol–water partition coefficient (Wildman–Crippen LogP) is 2.70. The van der Waals surface area contributed by atoms with Gasteiger partial charge in [-0.3, -0.25) is 0 Å². The van der Waals surface area contributed by atoms with Crippen molar-refractivity contribution in [2.24, 2.45) is 0 Å². The molecule has 0 bridgehead atoms. The number of benzene rings is 1. The highest BCUT2D eigenvalue weighted by molar-refractivity contribution is 5.71. The molecule has 0 amide bonds. The Hall–Kier alpha value is -2.65.